The molecule has 0 spiro atoms. The molecule has 0 aromatic carbocycles. The summed E-state index contributed by atoms with van der Waals surface area (Å²) < 4.78 is 10.5. The zero-order valence-corrected chi connectivity index (χ0v) is 16.8. The normalized spacial score (nSPS) is 21.4. The van der Waals surface area contributed by atoms with Gasteiger partial charge in [-0.25, -0.2) is 10.3 Å². The van der Waals surface area contributed by atoms with Crippen LogP contribution >= 0.6 is 0 Å². The molecular weight excluding hydrogens is 394 g/mol. The molecule has 9 nitrogen and oxygen atoms in total. The van der Waals surface area contributed by atoms with Gasteiger partial charge < -0.3 is 24.8 Å². The Labute approximate surface area is 175 Å². The zero-order chi connectivity index (χ0) is 22.4. The first-order valence-corrected chi connectivity index (χ1v) is 9.40. The van der Waals surface area contributed by atoms with Crippen molar-refractivity contribution in [2.75, 3.05) is 13.2 Å². The summed E-state index contributed by atoms with van der Waals surface area (Å²) in [5.41, 5.74) is -0.180. The molecule has 1 aliphatic rings. The third-order valence-corrected chi connectivity index (χ3v) is 4.09. The number of nitrogens with one attached hydrogen (secondary N) is 1. The molecule has 9 heteroatoms. The van der Waals surface area contributed by atoms with Gasteiger partial charge in [0.25, 0.3) is 5.91 Å². The number of hydrogen-bond acceptors (Lipinski definition) is 8. The van der Waals surface area contributed by atoms with E-state index in [0.717, 1.165) is 0 Å². The van der Waals surface area contributed by atoms with Crippen molar-refractivity contribution in [3.63, 3.8) is 0 Å². The Kier molecular flexibility index (Phi) is 11.6. The Morgan fingerprint density at radius 1 is 1.40 bits per heavy atom. The predicted molar refractivity (Wildman–Crippen MR) is 108 cm³/mol. The van der Waals surface area contributed by atoms with Crippen LogP contribution in [0.1, 0.15) is 19.8 Å². The molecule has 1 rings (SSSR count). The van der Waals surface area contributed by atoms with Gasteiger partial charge in [0, 0.05) is 18.9 Å². The van der Waals surface area contributed by atoms with Crippen molar-refractivity contribution in [3.05, 3.63) is 60.8 Å². The van der Waals surface area contributed by atoms with Crippen molar-refractivity contribution >= 4 is 11.9 Å². The number of esters is 1. The van der Waals surface area contributed by atoms with E-state index in [2.05, 4.69) is 0 Å². The van der Waals surface area contributed by atoms with Crippen LogP contribution in [0.3, 0.4) is 0 Å². The molecule has 166 valence electrons. The van der Waals surface area contributed by atoms with E-state index in [-0.39, 0.29) is 13.0 Å². The van der Waals surface area contributed by atoms with E-state index >= 15 is 0 Å². The third-order valence-electron chi connectivity index (χ3n) is 4.09. The molecule has 0 aliphatic carbocycles. The molecule has 5 N–H and O–H groups in total. The molecule has 1 amide bonds. The van der Waals surface area contributed by atoms with E-state index in [1.807, 2.05) is 0 Å². The molecular formula is C21H29NO8. The van der Waals surface area contributed by atoms with Crippen LogP contribution in [-0.2, 0) is 19.1 Å². The van der Waals surface area contributed by atoms with Gasteiger partial charge in [-0.2, -0.15) is 0 Å². The molecule has 0 aromatic rings. The highest BCUT2D eigenvalue weighted by molar-refractivity contribution is 5.82. The van der Waals surface area contributed by atoms with Crippen LogP contribution in [-0.4, -0.2) is 69.5 Å². The van der Waals surface area contributed by atoms with Gasteiger partial charge in [-0.05, 0) is 13.0 Å². The van der Waals surface area contributed by atoms with E-state index in [9.17, 15) is 19.8 Å². The highest BCUT2D eigenvalue weighted by Gasteiger charge is 2.33. The molecule has 0 saturated heterocycles. The second-order valence-electron chi connectivity index (χ2n) is 6.72. The van der Waals surface area contributed by atoms with Gasteiger partial charge in [-0.1, -0.05) is 48.6 Å². The first-order chi connectivity index (χ1) is 14.3. The second kappa shape index (κ2) is 13.6. The number of cyclic esters (lactones) is 1. The predicted octanol–water partition coefficient (Wildman–Crippen LogP) is 0.468. The highest BCUT2D eigenvalue weighted by Crippen LogP contribution is 2.22. The lowest BCUT2D eigenvalue weighted by Crippen LogP contribution is -2.43. The van der Waals surface area contributed by atoms with Gasteiger partial charge in [0.05, 0.1) is 18.8 Å². The fourth-order valence-corrected chi connectivity index (χ4v) is 2.50. The number of carbonyl (C=O) groups is 2. The van der Waals surface area contributed by atoms with E-state index in [0.29, 0.717) is 6.42 Å². The fourth-order valence-electron chi connectivity index (χ4n) is 2.50. The number of ether oxygens (including phenoxy) is 2. The molecule has 4 atom stereocenters. The van der Waals surface area contributed by atoms with Crippen LogP contribution in [0.4, 0.5) is 0 Å². The first kappa shape index (κ1) is 25.5. The molecule has 1 heterocycles. The Morgan fingerprint density at radius 2 is 2.13 bits per heavy atom. The lowest BCUT2D eigenvalue weighted by molar-refractivity contribution is -0.144. The third kappa shape index (κ3) is 10.3. The summed E-state index contributed by atoms with van der Waals surface area (Å²) >= 11 is 0. The standard InChI is InChI=1S/C21H29NO8/c1-21(27,12-11-17-9-7-10-20(26)30-17)18(29-15-19(25)22-28)14-16(24)8-5-3-2-4-6-13-23/h2-8,10-12,16-18,23-24,27-28H,9,13-15H2,1H3,(H,22,25)/b3-2-,6-4+,8-5-,12-11+/t16-,17?,18?,21+/m0/s1. The Hall–Kier alpha value is -2.56. The van der Waals surface area contributed by atoms with Crippen molar-refractivity contribution in [1.29, 1.82) is 0 Å². The maximum Gasteiger partial charge on any atom is 0.331 e. The van der Waals surface area contributed by atoms with E-state index in [1.165, 1.54) is 36.7 Å². The lowest BCUT2D eigenvalue weighted by Gasteiger charge is -2.31. The van der Waals surface area contributed by atoms with Crippen molar-refractivity contribution in [2.24, 2.45) is 0 Å². The SMILES string of the molecule is C[C@@](O)(/C=C/C1CC=CC(=O)O1)C(C[C@@H](O)\C=C/C=C\C=C\CO)OCC(=O)NO. The molecule has 0 fully saturated rings. The lowest BCUT2D eigenvalue weighted by atomic mass is 9.92. The molecule has 0 saturated carbocycles. The van der Waals surface area contributed by atoms with Crippen LogP contribution < -0.4 is 5.48 Å². The summed E-state index contributed by atoms with van der Waals surface area (Å²) in [4.78, 5) is 22.6. The zero-order valence-electron chi connectivity index (χ0n) is 16.8. The average Bonchev–Trinajstić information content (AvgIpc) is 2.71. The van der Waals surface area contributed by atoms with Crippen molar-refractivity contribution in [2.45, 2.75) is 43.7 Å². The Morgan fingerprint density at radius 3 is 2.80 bits per heavy atom. The monoisotopic (exact) mass is 423 g/mol. The quantitative estimate of drug-likeness (QED) is 0.100. The van der Waals surface area contributed by atoms with Crippen molar-refractivity contribution in [3.8, 4) is 0 Å². The van der Waals surface area contributed by atoms with E-state index in [4.69, 9.17) is 19.8 Å². The van der Waals surface area contributed by atoms with Crippen LogP contribution in [0, 0.1) is 0 Å². The molecule has 0 aromatic heterocycles. The summed E-state index contributed by atoms with van der Waals surface area (Å²) in [6.45, 7) is 0.826. The average molecular weight is 423 g/mol. The number of rotatable bonds is 12. The minimum atomic E-state index is -1.61. The summed E-state index contributed by atoms with van der Waals surface area (Å²) in [7, 11) is 0. The van der Waals surface area contributed by atoms with Gasteiger partial charge in [0.15, 0.2) is 0 Å². The number of aliphatic hydroxyl groups is 3. The smallest absolute Gasteiger partial charge is 0.331 e. The van der Waals surface area contributed by atoms with Gasteiger partial charge >= 0.3 is 5.97 Å². The number of hydroxylamine groups is 1. The van der Waals surface area contributed by atoms with Crippen molar-refractivity contribution in [1.82, 2.24) is 5.48 Å². The maximum atomic E-state index is 11.3. The van der Waals surface area contributed by atoms with E-state index in [1.54, 1.807) is 36.5 Å². The molecule has 2 unspecified atom stereocenters. The second-order valence-corrected chi connectivity index (χ2v) is 6.72. The summed E-state index contributed by atoms with van der Waals surface area (Å²) in [5, 5.41) is 38.3. The number of amides is 1. The minimum absolute atomic E-state index is 0.0583. The topological polar surface area (TPSA) is 146 Å². The molecule has 30 heavy (non-hydrogen) atoms. The Balaban J connectivity index is 2.81. The fraction of sp³-hybridized carbons (Fsp3) is 0.429. The number of aliphatic hydroxyl groups excluding tert-OH is 2. The van der Waals surface area contributed by atoms with Crippen molar-refractivity contribution < 1.29 is 39.6 Å². The van der Waals surface area contributed by atoms with E-state index < -0.39 is 42.4 Å². The van der Waals surface area contributed by atoms with Gasteiger partial charge in [0.1, 0.15) is 18.3 Å². The molecule has 0 radical (unpaired) electrons. The van der Waals surface area contributed by atoms with Crippen LogP contribution in [0.5, 0.6) is 0 Å². The Bertz CT molecular complexity index is 693. The van der Waals surface area contributed by atoms with Crippen LogP contribution in [0.25, 0.3) is 0 Å². The largest absolute Gasteiger partial charge is 0.455 e. The number of carbonyl (C=O) groups excluding carboxylic acids is 2. The summed E-state index contributed by atoms with van der Waals surface area (Å²) in [6, 6.07) is 0. The van der Waals surface area contributed by atoms with Gasteiger partial charge in [-0.3, -0.25) is 10.0 Å². The first-order valence-electron chi connectivity index (χ1n) is 9.40. The minimum Gasteiger partial charge on any atom is -0.455 e. The summed E-state index contributed by atoms with van der Waals surface area (Å²) in [5.74, 6) is -1.29. The van der Waals surface area contributed by atoms with Gasteiger partial charge in [0.2, 0.25) is 0 Å². The van der Waals surface area contributed by atoms with Gasteiger partial charge in [-0.15, -0.1) is 0 Å². The van der Waals surface area contributed by atoms with Crippen LogP contribution in [0.15, 0.2) is 60.8 Å². The maximum absolute atomic E-state index is 11.3. The van der Waals surface area contributed by atoms with Crippen LogP contribution in [0.2, 0.25) is 0 Å². The molecule has 0 bridgehead atoms. The molecule has 1 aliphatic heterocycles. The summed E-state index contributed by atoms with van der Waals surface area (Å²) in [6.07, 6.45) is 13.3. The highest BCUT2D eigenvalue weighted by atomic mass is 16.5. The number of allylic oxidation sites excluding steroid dienone is 4. The number of hydrogen-bond donors (Lipinski definition) is 5.